The van der Waals surface area contributed by atoms with Gasteiger partial charge >= 0.3 is 0 Å². The molecule has 0 bridgehead atoms. The molecule has 2 aromatic heterocycles. The van der Waals surface area contributed by atoms with E-state index in [9.17, 15) is 0 Å². The maximum absolute atomic E-state index is 4.39. The molecule has 1 N–H and O–H groups in total. The van der Waals surface area contributed by atoms with Gasteiger partial charge in [0.1, 0.15) is 11.6 Å². The van der Waals surface area contributed by atoms with Crippen LogP contribution in [0.15, 0.2) is 16.9 Å². The summed E-state index contributed by atoms with van der Waals surface area (Å²) in [6, 6.07) is 0. The topological polar surface area (TPSA) is 55.6 Å². The Morgan fingerprint density at radius 1 is 1.31 bits per heavy atom. The molecule has 5 nitrogen and oxygen atoms in total. The van der Waals surface area contributed by atoms with Crippen molar-refractivity contribution in [1.29, 1.82) is 0 Å². The van der Waals surface area contributed by atoms with Crippen LogP contribution in [-0.2, 0) is 0 Å². The van der Waals surface area contributed by atoms with Crippen LogP contribution in [0.1, 0.15) is 11.4 Å². The first-order chi connectivity index (χ1) is 7.61. The number of aromatic nitrogens is 4. The van der Waals surface area contributed by atoms with Crippen molar-refractivity contribution in [1.82, 2.24) is 19.7 Å². The third kappa shape index (κ3) is 1.92. The van der Waals surface area contributed by atoms with Crippen molar-refractivity contribution in [3.05, 3.63) is 28.3 Å². The van der Waals surface area contributed by atoms with Crippen LogP contribution in [-0.4, -0.2) is 26.8 Å². The van der Waals surface area contributed by atoms with Gasteiger partial charge in [0, 0.05) is 18.8 Å². The number of anilines is 1. The Hall–Kier alpha value is -1.43. The van der Waals surface area contributed by atoms with Crippen molar-refractivity contribution in [2.24, 2.45) is 0 Å². The number of hydrogen-bond acceptors (Lipinski definition) is 4. The van der Waals surface area contributed by atoms with Crippen LogP contribution < -0.4 is 5.32 Å². The molecule has 0 spiro atoms. The third-order valence-corrected chi connectivity index (χ3v) is 2.65. The van der Waals surface area contributed by atoms with Crippen LogP contribution in [0.5, 0.6) is 0 Å². The lowest BCUT2D eigenvalue weighted by Gasteiger charge is -2.10. The number of rotatable bonds is 2. The van der Waals surface area contributed by atoms with Gasteiger partial charge in [-0.1, -0.05) is 0 Å². The van der Waals surface area contributed by atoms with Crippen molar-refractivity contribution in [2.75, 3.05) is 12.4 Å². The molecule has 2 aromatic rings. The average Bonchev–Trinajstić information content (AvgIpc) is 2.67. The van der Waals surface area contributed by atoms with Crippen LogP contribution in [0.2, 0.25) is 0 Å². The normalized spacial score (nSPS) is 10.5. The summed E-state index contributed by atoms with van der Waals surface area (Å²) >= 11 is 3.37. The minimum absolute atomic E-state index is 0.719. The molecular formula is C10H12BrN5. The van der Waals surface area contributed by atoms with Gasteiger partial charge in [0.25, 0.3) is 0 Å². The molecule has 16 heavy (non-hydrogen) atoms. The summed E-state index contributed by atoms with van der Waals surface area (Å²) in [6.07, 6.45) is 3.60. The van der Waals surface area contributed by atoms with E-state index in [1.807, 2.05) is 27.1 Å². The second-order valence-electron chi connectivity index (χ2n) is 3.42. The van der Waals surface area contributed by atoms with E-state index in [4.69, 9.17) is 0 Å². The van der Waals surface area contributed by atoms with Gasteiger partial charge in [-0.15, -0.1) is 0 Å². The van der Waals surface area contributed by atoms with E-state index >= 15 is 0 Å². The number of nitrogens with zero attached hydrogens (tertiary/aromatic N) is 4. The fraction of sp³-hybridized carbons (Fsp3) is 0.300. The van der Waals surface area contributed by atoms with Crippen LogP contribution >= 0.6 is 15.9 Å². The average molecular weight is 282 g/mol. The molecule has 0 atom stereocenters. The molecule has 0 fully saturated rings. The number of hydrogen-bond donors (Lipinski definition) is 1. The molecule has 84 valence electrons. The summed E-state index contributed by atoms with van der Waals surface area (Å²) in [6.45, 7) is 3.83. The second-order valence-corrected chi connectivity index (χ2v) is 4.34. The summed E-state index contributed by atoms with van der Waals surface area (Å²) in [4.78, 5) is 8.70. The fourth-order valence-electron chi connectivity index (χ4n) is 1.50. The number of nitrogens with one attached hydrogen (secondary N) is 1. The highest BCUT2D eigenvalue weighted by Gasteiger charge is 2.10. The van der Waals surface area contributed by atoms with Crippen molar-refractivity contribution in [3.63, 3.8) is 0 Å². The van der Waals surface area contributed by atoms with Gasteiger partial charge in [0.2, 0.25) is 0 Å². The Morgan fingerprint density at radius 2 is 2.06 bits per heavy atom. The van der Waals surface area contributed by atoms with E-state index in [1.54, 1.807) is 10.9 Å². The molecule has 0 saturated heterocycles. The van der Waals surface area contributed by atoms with Gasteiger partial charge in [0.05, 0.1) is 10.7 Å². The highest BCUT2D eigenvalue weighted by molar-refractivity contribution is 9.10. The van der Waals surface area contributed by atoms with E-state index in [2.05, 4.69) is 36.3 Å². The standard InChI is InChI=1S/C10H12BrN5/c1-6-9(12-3)14-7(2)15-10(6)16-5-8(11)4-13-16/h4-5H,1-3H3,(H,12,14,15). The second kappa shape index (κ2) is 4.21. The predicted octanol–water partition coefficient (Wildman–Crippen LogP) is 2.08. The quantitative estimate of drug-likeness (QED) is 0.916. The number of aryl methyl sites for hydroxylation is 1. The van der Waals surface area contributed by atoms with E-state index in [0.29, 0.717) is 0 Å². The number of halogens is 1. The van der Waals surface area contributed by atoms with Crippen molar-refractivity contribution < 1.29 is 0 Å². The molecule has 0 saturated carbocycles. The first kappa shape index (κ1) is 11.1. The first-order valence-electron chi connectivity index (χ1n) is 4.85. The van der Waals surface area contributed by atoms with Crippen molar-refractivity contribution >= 4 is 21.7 Å². The summed E-state index contributed by atoms with van der Waals surface area (Å²) in [5.41, 5.74) is 0.976. The maximum Gasteiger partial charge on any atom is 0.162 e. The zero-order chi connectivity index (χ0) is 11.7. The molecule has 0 amide bonds. The van der Waals surface area contributed by atoms with Gasteiger partial charge < -0.3 is 5.32 Å². The Morgan fingerprint density at radius 3 is 2.62 bits per heavy atom. The Labute approximate surface area is 102 Å². The van der Waals surface area contributed by atoms with Crippen LogP contribution in [0.25, 0.3) is 5.82 Å². The first-order valence-corrected chi connectivity index (χ1v) is 5.64. The van der Waals surface area contributed by atoms with E-state index in [0.717, 1.165) is 27.5 Å². The highest BCUT2D eigenvalue weighted by atomic mass is 79.9. The summed E-state index contributed by atoms with van der Waals surface area (Å²) in [5.74, 6) is 2.34. The lowest BCUT2D eigenvalue weighted by Crippen LogP contribution is -2.08. The summed E-state index contributed by atoms with van der Waals surface area (Å²) in [5, 5.41) is 7.26. The Balaban J connectivity index is 2.60. The molecule has 0 aliphatic heterocycles. The molecule has 2 rings (SSSR count). The minimum Gasteiger partial charge on any atom is -0.373 e. The monoisotopic (exact) mass is 281 g/mol. The van der Waals surface area contributed by atoms with Gasteiger partial charge in [-0.05, 0) is 29.8 Å². The molecule has 0 unspecified atom stereocenters. The van der Waals surface area contributed by atoms with Gasteiger partial charge in [-0.2, -0.15) is 5.10 Å². The SMILES string of the molecule is CNc1nc(C)nc(-n2cc(Br)cn2)c1C. The molecule has 0 aromatic carbocycles. The lowest BCUT2D eigenvalue weighted by atomic mass is 10.3. The maximum atomic E-state index is 4.39. The molecule has 0 aliphatic carbocycles. The zero-order valence-corrected chi connectivity index (χ0v) is 10.9. The van der Waals surface area contributed by atoms with Crippen LogP contribution in [0.3, 0.4) is 0 Å². The fourth-order valence-corrected chi connectivity index (χ4v) is 1.78. The van der Waals surface area contributed by atoms with E-state index < -0.39 is 0 Å². The van der Waals surface area contributed by atoms with Gasteiger partial charge in [0.15, 0.2) is 5.82 Å². The molecule has 6 heteroatoms. The zero-order valence-electron chi connectivity index (χ0n) is 9.32. The smallest absolute Gasteiger partial charge is 0.162 e. The minimum atomic E-state index is 0.719. The Bertz CT molecular complexity index is 520. The molecule has 2 heterocycles. The Kier molecular flexibility index (Phi) is 2.91. The third-order valence-electron chi connectivity index (χ3n) is 2.24. The van der Waals surface area contributed by atoms with Gasteiger partial charge in [-0.25, -0.2) is 14.6 Å². The summed E-state index contributed by atoms with van der Waals surface area (Å²) in [7, 11) is 1.84. The van der Waals surface area contributed by atoms with Crippen molar-refractivity contribution in [2.45, 2.75) is 13.8 Å². The van der Waals surface area contributed by atoms with Crippen LogP contribution in [0.4, 0.5) is 5.82 Å². The highest BCUT2D eigenvalue weighted by Crippen LogP contribution is 2.19. The molecule has 0 radical (unpaired) electrons. The van der Waals surface area contributed by atoms with E-state index in [1.165, 1.54) is 0 Å². The largest absolute Gasteiger partial charge is 0.373 e. The van der Waals surface area contributed by atoms with Crippen molar-refractivity contribution in [3.8, 4) is 5.82 Å². The van der Waals surface area contributed by atoms with E-state index in [-0.39, 0.29) is 0 Å². The molecule has 0 aliphatic rings. The summed E-state index contributed by atoms with van der Waals surface area (Å²) < 4.78 is 2.66. The van der Waals surface area contributed by atoms with Gasteiger partial charge in [-0.3, -0.25) is 0 Å². The molecular weight excluding hydrogens is 270 g/mol. The lowest BCUT2D eigenvalue weighted by molar-refractivity contribution is 0.819. The predicted molar refractivity (Wildman–Crippen MR) is 65.9 cm³/mol. The van der Waals surface area contributed by atoms with Crippen LogP contribution in [0, 0.1) is 13.8 Å².